The van der Waals surface area contributed by atoms with E-state index in [-0.39, 0.29) is 6.09 Å². The molecule has 2 aliphatic rings. The van der Waals surface area contributed by atoms with E-state index in [9.17, 15) is 9.59 Å². The van der Waals surface area contributed by atoms with Crippen LogP contribution in [0.25, 0.3) is 0 Å². The number of carbonyl (C=O) groups excluding carboxylic acids is 1. The van der Waals surface area contributed by atoms with Crippen molar-refractivity contribution in [2.75, 3.05) is 19.6 Å². The zero-order valence-electron chi connectivity index (χ0n) is 19.0. The van der Waals surface area contributed by atoms with Crippen LogP contribution in [-0.2, 0) is 11.3 Å². The quantitative estimate of drug-likeness (QED) is 0.758. The number of carbonyl (C=O) groups is 2. The van der Waals surface area contributed by atoms with Crippen molar-refractivity contribution in [2.24, 2.45) is 5.92 Å². The highest BCUT2D eigenvalue weighted by atomic mass is 16.6. The lowest BCUT2D eigenvalue weighted by molar-refractivity contribution is 0.0104. The Morgan fingerprint density at radius 3 is 2.34 bits per heavy atom. The Labute approximate surface area is 189 Å². The molecule has 32 heavy (non-hydrogen) atoms. The largest absolute Gasteiger partial charge is 0.478 e. The molecule has 2 aliphatic heterocycles. The molecule has 0 spiro atoms. The van der Waals surface area contributed by atoms with Gasteiger partial charge in [-0.25, -0.2) is 9.59 Å². The van der Waals surface area contributed by atoms with Crippen LogP contribution < -0.4 is 0 Å². The van der Waals surface area contributed by atoms with Crippen molar-refractivity contribution in [1.29, 1.82) is 0 Å². The molecule has 1 N–H and O–H groups in total. The summed E-state index contributed by atoms with van der Waals surface area (Å²) in [7, 11) is 0. The van der Waals surface area contributed by atoms with E-state index in [1.807, 2.05) is 43.9 Å². The molecule has 0 unspecified atom stereocenters. The molecule has 2 heterocycles. The third kappa shape index (κ3) is 4.96. The lowest BCUT2D eigenvalue weighted by Gasteiger charge is -2.39. The number of nitrogens with zero attached hydrogens (tertiary/aromatic N) is 2. The number of ether oxygens (including phenoxy) is 1. The summed E-state index contributed by atoms with van der Waals surface area (Å²) in [5, 5.41) is 9.16. The van der Waals surface area contributed by atoms with Crippen LogP contribution in [0, 0.1) is 5.92 Å². The van der Waals surface area contributed by atoms with Crippen molar-refractivity contribution in [3.05, 3.63) is 71.3 Å². The number of amides is 1. The molecule has 2 aromatic carbocycles. The van der Waals surface area contributed by atoms with Gasteiger partial charge >= 0.3 is 12.1 Å². The number of hydrogen-bond donors (Lipinski definition) is 1. The zero-order chi connectivity index (χ0) is 22.9. The Morgan fingerprint density at radius 1 is 1.03 bits per heavy atom. The molecule has 6 nitrogen and oxygen atoms in total. The van der Waals surface area contributed by atoms with Gasteiger partial charge in [0.2, 0.25) is 0 Å². The summed E-state index contributed by atoms with van der Waals surface area (Å²) in [6.45, 7) is 8.77. The maximum Gasteiger partial charge on any atom is 0.410 e. The molecule has 2 aromatic rings. The second-order valence-electron chi connectivity index (χ2n) is 9.89. The molecule has 0 radical (unpaired) electrons. The van der Waals surface area contributed by atoms with E-state index < -0.39 is 11.6 Å². The number of fused-ring (bicyclic) bond motifs is 1. The van der Waals surface area contributed by atoms with Crippen LogP contribution in [0.5, 0.6) is 0 Å². The fourth-order valence-corrected chi connectivity index (χ4v) is 5.06. The third-order valence-electron chi connectivity index (χ3n) is 6.50. The van der Waals surface area contributed by atoms with Gasteiger partial charge in [0.15, 0.2) is 0 Å². The summed E-state index contributed by atoms with van der Waals surface area (Å²) >= 11 is 0. The Morgan fingerprint density at radius 2 is 1.72 bits per heavy atom. The van der Waals surface area contributed by atoms with Gasteiger partial charge in [-0.05, 0) is 50.5 Å². The van der Waals surface area contributed by atoms with Gasteiger partial charge in [-0.2, -0.15) is 0 Å². The van der Waals surface area contributed by atoms with Gasteiger partial charge < -0.3 is 14.7 Å². The van der Waals surface area contributed by atoms with Crippen LogP contribution in [0.4, 0.5) is 4.79 Å². The van der Waals surface area contributed by atoms with Crippen molar-refractivity contribution in [2.45, 2.75) is 51.3 Å². The fraction of sp³-hybridized carbons (Fsp3) is 0.462. The van der Waals surface area contributed by atoms with E-state index in [2.05, 4.69) is 29.2 Å². The maximum absolute atomic E-state index is 12.7. The predicted octanol–water partition coefficient (Wildman–Crippen LogP) is 4.61. The molecule has 0 saturated carbocycles. The van der Waals surface area contributed by atoms with Gasteiger partial charge in [0.05, 0.1) is 5.56 Å². The molecule has 1 amide bonds. The van der Waals surface area contributed by atoms with E-state index in [0.717, 1.165) is 25.1 Å². The second-order valence-corrected chi connectivity index (χ2v) is 9.89. The third-order valence-corrected chi connectivity index (χ3v) is 6.50. The van der Waals surface area contributed by atoms with E-state index in [1.165, 1.54) is 5.56 Å². The lowest BCUT2D eigenvalue weighted by atomic mass is 9.82. The highest BCUT2D eigenvalue weighted by molar-refractivity contribution is 5.87. The Bertz CT molecular complexity index is 952. The Balaban J connectivity index is 1.53. The minimum Gasteiger partial charge on any atom is -0.478 e. The monoisotopic (exact) mass is 436 g/mol. The molecule has 6 heteroatoms. The lowest BCUT2D eigenvalue weighted by Crippen LogP contribution is -2.49. The average molecular weight is 437 g/mol. The van der Waals surface area contributed by atoms with Gasteiger partial charge in [0.1, 0.15) is 5.60 Å². The maximum atomic E-state index is 12.7. The number of carboxylic acids is 1. The number of likely N-dealkylation sites (tertiary alicyclic amines) is 2. The number of benzene rings is 2. The number of rotatable bonds is 4. The molecule has 3 atom stereocenters. The van der Waals surface area contributed by atoms with Gasteiger partial charge in [0.25, 0.3) is 0 Å². The first-order valence-corrected chi connectivity index (χ1v) is 11.3. The standard InChI is InChI=1S/C26H32N2O4/c1-26(2,3)32-25(31)27-14-13-23-22(17-27)21(19-7-5-4-6-8-19)16-28(23)15-18-9-11-20(12-10-18)24(29)30/h4-12,21-23H,13-17H2,1-3H3,(H,29,30)/t21-,22-,23-/m0/s1. The molecule has 0 aliphatic carbocycles. The number of aromatic carboxylic acids is 1. The van der Waals surface area contributed by atoms with Crippen LogP contribution in [0.1, 0.15) is 54.6 Å². The van der Waals surface area contributed by atoms with Gasteiger partial charge in [0, 0.05) is 44.1 Å². The fourth-order valence-electron chi connectivity index (χ4n) is 5.06. The van der Waals surface area contributed by atoms with Gasteiger partial charge in [-0.3, -0.25) is 4.90 Å². The predicted molar refractivity (Wildman–Crippen MR) is 123 cm³/mol. The SMILES string of the molecule is CC(C)(C)OC(=O)N1CC[C@H]2[C@@H](C1)[C@H](c1ccccc1)CN2Cc1ccc(C(=O)O)cc1. The first-order valence-electron chi connectivity index (χ1n) is 11.3. The smallest absolute Gasteiger partial charge is 0.410 e. The highest BCUT2D eigenvalue weighted by Crippen LogP contribution is 2.42. The summed E-state index contributed by atoms with van der Waals surface area (Å²) in [6, 6.07) is 18.1. The highest BCUT2D eigenvalue weighted by Gasteiger charge is 2.46. The molecular weight excluding hydrogens is 404 g/mol. The summed E-state index contributed by atoms with van der Waals surface area (Å²) in [4.78, 5) is 28.3. The van der Waals surface area contributed by atoms with E-state index >= 15 is 0 Å². The van der Waals surface area contributed by atoms with Crippen molar-refractivity contribution in [3.8, 4) is 0 Å². The van der Waals surface area contributed by atoms with Crippen molar-refractivity contribution in [3.63, 3.8) is 0 Å². The molecule has 170 valence electrons. The second kappa shape index (κ2) is 8.94. The van der Waals surface area contributed by atoms with Gasteiger partial charge in [-0.1, -0.05) is 42.5 Å². The first kappa shape index (κ1) is 22.3. The van der Waals surface area contributed by atoms with Crippen LogP contribution in [0.3, 0.4) is 0 Å². The summed E-state index contributed by atoms with van der Waals surface area (Å²) in [5.74, 6) is -0.238. The first-order chi connectivity index (χ1) is 15.2. The van der Waals surface area contributed by atoms with E-state index in [4.69, 9.17) is 9.84 Å². The summed E-state index contributed by atoms with van der Waals surface area (Å²) in [5.41, 5.74) is 2.21. The normalized spacial score (nSPS) is 23.6. The minimum absolute atomic E-state index is 0.231. The molecule has 2 fully saturated rings. The van der Waals surface area contributed by atoms with Crippen LogP contribution in [0.2, 0.25) is 0 Å². The average Bonchev–Trinajstić information content (AvgIpc) is 3.11. The summed E-state index contributed by atoms with van der Waals surface area (Å²) < 4.78 is 5.65. The minimum atomic E-state index is -0.906. The molecular formula is C26H32N2O4. The Hall–Kier alpha value is -2.86. The number of carboxylic acid groups (broad SMARTS) is 1. The van der Waals surface area contributed by atoms with Gasteiger partial charge in [-0.15, -0.1) is 0 Å². The van der Waals surface area contributed by atoms with Crippen LogP contribution >= 0.6 is 0 Å². The summed E-state index contributed by atoms with van der Waals surface area (Å²) in [6.07, 6.45) is 0.672. The number of hydrogen-bond acceptors (Lipinski definition) is 4. The van der Waals surface area contributed by atoms with Crippen molar-refractivity contribution >= 4 is 12.1 Å². The molecule has 0 aromatic heterocycles. The zero-order valence-corrected chi connectivity index (χ0v) is 19.0. The van der Waals surface area contributed by atoms with E-state index in [0.29, 0.717) is 36.5 Å². The molecule has 4 rings (SSSR count). The molecule has 0 bridgehead atoms. The van der Waals surface area contributed by atoms with E-state index in [1.54, 1.807) is 12.1 Å². The Kier molecular flexibility index (Phi) is 6.24. The molecule has 2 saturated heterocycles. The van der Waals surface area contributed by atoms with Crippen LogP contribution in [0.15, 0.2) is 54.6 Å². The number of piperidine rings is 1. The van der Waals surface area contributed by atoms with Crippen LogP contribution in [-0.4, -0.2) is 58.2 Å². The van der Waals surface area contributed by atoms with Crippen molar-refractivity contribution in [1.82, 2.24) is 9.80 Å². The van der Waals surface area contributed by atoms with Crippen molar-refractivity contribution < 1.29 is 19.4 Å². The topological polar surface area (TPSA) is 70.1 Å².